The average Bonchev–Trinajstić information content (AvgIpc) is 2.69. The number of H-pyrrole nitrogens is 1. The van der Waals surface area contributed by atoms with Crippen LogP contribution in [0.15, 0.2) is 30.5 Å². The maximum atomic E-state index is 5.87. The van der Waals surface area contributed by atoms with Crippen molar-refractivity contribution in [3.63, 3.8) is 0 Å². The van der Waals surface area contributed by atoms with Gasteiger partial charge < -0.3 is 11.1 Å². The summed E-state index contributed by atoms with van der Waals surface area (Å²) in [5.41, 5.74) is 8.62. The molecule has 5 heteroatoms. The first kappa shape index (κ1) is 10.3. The lowest BCUT2D eigenvalue weighted by molar-refractivity contribution is 0.982. The van der Waals surface area contributed by atoms with E-state index in [9.17, 15) is 0 Å². The molecule has 0 saturated carbocycles. The lowest BCUT2D eigenvalue weighted by Gasteiger charge is -2.08. The van der Waals surface area contributed by atoms with Crippen molar-refractivity contribution in [1.82, 2.24) is 10.2 Å². The fourth-order valence-corrected chi connectivity index (χ4v) is 1.78. The predicted octanol–water partition coefficient (Wildman–Crippen LogP) is 2.21. The minimum Gasteiger partial charge on any atom is -0.397 e. The maximum absolute atomic E-state index is 5.87. The molecule has 0 aliphatic carbocycles. The monoisotopic (exact) mass is 314 g/mol. The topological polar surface area (TPSA) is 66.7 Å². The SMILES string of the molecule is Nc1cc(I)ccc1NCc1ccn[nH]1. The Morgan fingerprint density at radius 1 is 1.40 bits per heavy atom. The molecule has 1 heterocycles. The molecular weight excluding hydrogens is 303 g/mol. The van der Waals surface area contributed by atoms with Crippen molar-refractivity contribution in [3.05, 3.63) is 39.7 Å². The van der Waals surface area contributed by atoms with Gasteiger partial charge in [-0.2, -0.15) is 5.10 Å². The zero-order valence-corrected chi connectivity index (χ0v) is 10.2. The molecule has 4 nitrogen and oxygen atoms in total. The number of nitrogens with zero attached hydrogens (tertiary/aromatic N) is 1. The summed E-state index contributed by atoms with van der Waals surface area (Å²) in [6.45, 7) is 0.699. The summed E-state index contributed by atoms with van der Waals surface area (Å²) in [7, 11) is 0. The van der Waals surface area contributed by atoms with Crippen molar-refractivity contribution in [3.8, 4) is 0 Å². The van der Waals surface area contributed by atoms with Gasteiger partial charge in [-0.05, 0) is 46.9 Å². The second kappa shape index (κ2) is 4.52. The molecule has 15 heavy (non-hydrogen) atoms. The minimum absolute atomic E-state index is 0.699. The molecule has 0 unspecified atom stereocenters. The summed E-state index contributed by atoms with van der Waals surface area (Å²) in [4.78, 5) is 0. The summed E-state index contributed by atoms with van der Waals surface area (Å²) in [5.74, 6) is 0. The van der Waals surface area contributed by atoms with Crippen molar-refractivity contribution in [2.75, 3.05) is 11.1 Å². The van der Waals surface area contributed by atoms with Crippen LogP contribution in [0.2, 0.25) is 0 Å². The van der Waals surface area contributed by atoms with Crippen LogP contribution in [0.4, 0.5) is 11.4 Å². The largest absolute Gasteiger partial charge is 0.397 e. The van der Waals surface area contributed by atoms with E-state index in [0.29, 0.717) is 6.54 Å². The number of aromatic amines is 1. The Kier molecular flexibility index (Phi) is 3.10. The molecule has 0 aliphatic heterocycles. The van der Waals surface area contributed by atoms with Crippen molar-refractivity contribution >= 4 is 34.0 Å². The van der Waals surface area contributed by atoms with Gasteiger partial charge in [-0.25, -0.2) is 0 Å². The normalized spacial score (nSPS) is 10.2. The number of halogens is 1. The van der Waals surface area contributed by atoms with Crippen LogP contribution in [0.25, 0.3) is 0 Å². The fourth-order valence-electron chi connectivity index (χ4n) is 1.27. The molecule has 0 amide bonds. The molecule has 0 bridgehead atoms. The molecule has 0 radical (unpaired) electrons. The first-order chi connectivity index (χ1) is 7.25. The number of nitrogen functional groups attached to an aromatic ring is 1. The van der Waals surface area contributed by atoms with Crippen molar-refractivity contribution in [2.45, 2.75) is 6.54 Å². The van der Waals surface area contributed by atoms with Gasteiger partial charge in [0.25, 0.3) is 0 Å². The Morgan fingerprint density at radius 3 is 2.93 bits per heavy atom. The van der Waals surface area contributed by atoms with Crippen LogP contribution in [-0.4, -0.2) is 10.2 Å². The predicted molar refractivity (Wildman–Crippen MR) is 69.5 cm³/mol. The van der Waals surface area contributed by atoms with Crippen LogP contribution < -0.4 is 11.1 Å². The molecule has 2 rings (SSSR count). The molecule has 1 aromatic carbocycles. The average molecular weight is 314 g/mol. The number of hydrogen-bond donors (Lipinski definition) is 3. The Balaban J connectivity index is 2.05. The Morgan fingerprint density at radius 2 is 2.27 bits per heavy atom. The van der Waals surface area contributed by atoms with E-state index in [1.165, 1.54) is 0 Å². The van der Waals surface area contributed by atoms with Gasteiger partial charge in [0.15, 0.2) is 0 Å². The summed E-state index contributed by atoms with van der Waals surface area (Å²) >= 11 is 2.24. The Bertz CT molecular complexity index is 439. The quantitative estimate of drug-likeness (QED) is 0.601. The number of aromatic nitrogens is 2. The third-order valence-electron chi connectivity index (χ3n) is 2.04. The Hall–Kier alpha value is -1.24. The van der Waals surface area contributed by atoms with E-state index in [-0.39, 0.29) is 0 Å². The van der Waals surface area contributed by atoms with Gasteiger partial charge in [0.1, 0.15) is 0 Å². The summed E-state index contributed by atoms with van der Waals surface area (Å²) in [5, 5.41) is 10.00. The van der Waals surface area contributed by atoms with Crippen molar-refractivity contribution in [1.29, 1.82) is 0 Å². The highest BCUT2D eigenvalue weighted by Gasteiger charge is 1.99. The zero-order chi connectivity index (χ0) is 10.7. The van der Waals surface area contributed by atoms with Gasteiger partial charge in [-0.1, -0.05) is 0 Å². The van der Waals surface area contributed by atoms with Gasteiger partial charge >= 0.3 is 0 Å². The van der Waals surface area contributed by atoms with Crippen LogP contribution in [0.3, 0.4) is 0 Å². The number of hydrogen-bond acceptors (Lipinski definition) is 3. The van der Waals surface area contributed by atoms with Gasteiger partial charge in [0.2, 0.25) is 0 Å². The van der Waals surface area contributed by atoms with Crippen molar-refractivity contribution < 1.29 is 0 Å². The second-order valence-electron chi connectivity index (χ2n) is 3.17. The molecule has 0 saturated heterocycles. The number of rotatable bonds is 3. The summed E-state index contributed by atoms with van der Waals surface area (Å²) in [6, 6.07) is 7.87. The van der Waals surface area contributed by atoms with Crippen LogP contribution in [0.5, 0.6) is 0 Å². The smallest absolute Gasteiger partial charge is 0.0577 e. The molecule has 4 N–H and O–H groups in total. The van der Waals surface area contributed by atoms with Crippen molar-refractivity contribution in [2.24, 2.45) is 0 Å². The lowest BCUT2D eigenvalue weighted by Crippen LogP contribution is -2.02. The van der Waals surface area contributed by atoms with E-state index in [1.54, 1.807) is 6.20 Å². The van der Waals surface area contributed by atoms with E-state index < -0.39 is 0 Å². The molecule has 2 aromatic rings. The van der Waals surface area contributed by atoms with Gasteiger partial charge in [0.05, 0.1) is 23.6 Å². The molecule has 0 fully saturated rings. The van der Waals surface area contributed by atoms with E-state index in [4.69, 9.17) is 5.73 Å². The highest BCUT2D eigenvalue weighted by atomic mass is 127. The number of nitrogens with one attached hydrogen (secondary N) is 2. The molecule has 78 valence electrons. The number of anilines is 2. The summed E-state index contributed by atoms with van der Waals surface area (Å²) in [6.07, 6.45) is 1.73. The second-order valence-corrected chi connectivity index (χ2v) is 4.41. The van der Waals surface area contributed by atoms with Gasteiger partial charge in [-0.15, -0.1) is 0 Å². The van der Waals surface area contributed by atoms with Crippen LogP contribution in [0, 0.1) is 3.57 Å². The van der Waals surface area contributed by atoms with Gasteiger partial charge in [-0.3, -0.25) is 5.10 Å². The minimum atomic E-state index is 0.699. The lowest BCUT2D eigenvalue weighted by atomic mass is 10.2. The molecular formula is C10H11IN4. The standard InChI is InChI=1S/C10H11IN4/c11-7-1-2-10(9(12)5-7)13-6-8-3-4-14-15-8/h1-5,13H,6,12H2,(H,14,15). The van der Waals surface area contributed by atoms with Crippen LogP contribution >= 0.6 is 22.6 Å². The van der Waals surface area contributed by atoms with Crippen LogP contribution in [-0.2, 0) is 6.54 Å². The first-order valence-electron chi connectivity index (χ1n) is 4.53. The first-order valence-corrected chi connectivity index (χ1v) is 5.61. The molecule has 1 aromatic heterocycles. The molecule has 0 aliphatic rings. The zero-order valence-electron chi connectivity index (χ0n) is 8.00. The fraction of sp³-hybridized carbons (Fsp3) is 0.100. The maximum Gasteiger partial charge on any atom is 0.0577 e. The third-order valence-corrected chi connectivity index (χ3v) is 2.71. The summed E-state index contributed by atoms with van der Waals surface area (Å²) < 4.78 is 1.14. The van der Waals surface area contributed by atoms with E-state index >= 15 is 0 Å². The van der Waals surface area contributed by atoms with E-state index in [1.807, 2.05) is 24.3 Å². The van der Waals surface area contributed by atoms with E-state index in [2.05, 4.69) is 38.1 Å². The van der Waals surface area contributed by atoms with E-state index in [0.717, 1.165) is 20.6 Å². The van der Waals surface area contributed by atoms with Gasteiger partial charge in [0, 0.05) is 9.77 Å². The third kappa shape index (κ3) is 2.62. The Labute approximate surface area is 101 Å². The number of benzene rings is 1. The highest BCUT2D eigenvalue weighted by molar-refractivity contribution is 14.1. The number of nitrogens with two attached hydrogens (primary N) is 1. The molecule has 0 spiro atoms. The van der Waals surface area contributed by atoms with Crippen LogP contribution in [0.1, 0.15) is 5.69 Å². The highest BCUT2D eigenvalue weighted by Crippen LogP contribution is 2.21. The molecule has 0 atom stereocenters.